The van der Waals surface area contributed by atoms with E-state index in [-0.39, 0.29) is 24.5 Å². The molecule has 0 aromatic heterocycles. The van der Waals surface area contributed by atoms with Crippen LogP contribution >= 0.6 is 0 Å². The van der Waals surface area contributed by atoms with Crippen LogP contribution in [0.15, 0.2) is 48.5 Å². The molecule has 0 radical (unpaired) electrons. The molecule has 0 saturated carbocycles. The Morgan fingerprint density at radius 3 is 2.81 bits per heavy atom. The van der Waals surface area contributed by atoms with Gasteiger partial charge in [0.2, 0.25) is 5.91 Å². The van der Waals surface area contributed by atoms with Crippen molar-refractivity contribution in [1.82, 2.24) is 0 Å². The van der Waals surface area contributed by atoms with Crippen LogP contribution in [0.3, 0.4) is 0 Å². The van der Waals surface area contributed by atoms with Gasteiger partial charge in [-0.3, -0.25) is 14.5 Å². The minimum Gasteiger partial charge on any atom is -0.491 e. The zero-order chi connectivity index (χ0) is 19.4. The molecule has 0 bridgehead atoms. The second kappa shape index (κ2) is 8.12. The van der Waals surface area contributed by atoms with Crippen molar-refractivity contribution < 1.29 is 19.1 Å². The monoisotopic (exact) mass is 368 g/mol. The molecule has 2 amide bonds. The summed E-state index contributed by atoms with van der Waals surface area (Å²) in [7, 11) is 0. The van der Waals surface area contributed by atoms with Gasteiger partial charge in [0.1, 0.15) is 18.0 Å². The van der Waals surface area contributed by atoms with E-state index < -0.39 is 6.10 Å². The summed E-state index contributed by atoms with van der Waals surface area (Å²) in [5.41, 5.74) is 1.23. The fourth-order valence-electron chi connectivity index (χ4n) is 2.83. The van der Waals surface area contributed by atoms with Crippen LogP contribution < -0.4 is 19.7 Å². The van der Waals surface area contributed by atoms with E-state index in [9.17, 15) is 9.59 Å². The summed E-state index contributed by atoms with van der Waals surface area (Å²) in [5.74, 6) is 0.774. The maximum atomic E-state index is 12.5. The first kappa shape index (κ1) is 18.8. The number of fused-ring (bicyclic) bond motifs is 1. The van der Waals surface area contributed by atoms with Gasteiger partial charge in [0.15, 0.2) is 6.10 Å². The van der Waals surface area contributed by atoms with Crippen molar-refractivity contribution in [2.75, 3.05) is 16.8 Å². The number of carbonyl (C=O) groups excluding carboxylic acids is 2. The predicted octanol–water partition coefficient (Wildman–Crippen LogP) is 3.62. The lowest BCUT2D eigenvalue weighted by molar-refractivity contribution is -0.127. The molecule has 3 rings (SSSR count). The van der Waals surface area contributed by atoms with Crippen LogP contribution in [-0.4, -0.2) is 30.6 Å². The number of para-hydroxylation sites is 2. The third kappa shape index (κ3) is 4.39. The molecule has 6 nitrogen and oxygen atoms in total. The van der Waals surface area contributed by atoms with Crippen molar-refractivity contribution in [3.63, 3.8) is 0 Å². The summed E-state index contributed by atoms with van der Waals surface area (Å²) >= 11 is 0. The highest BCUT2D eigenvalue weighted by Crippen LogP contribution is 2.33. The van der Waals surface area contributed by atoms with Gasteiger partial charge in [0.25, 0.3) is 5.91 Å². The van der Waals surface area contributed by atoms with Crippen molar-refractivity contribution in [2.45, 2.75) is 39.4 Å². The molecule has 0 aliphatic carbocycles. The number of hydrogen-bond donors (Lipinski definition) is 1. The zero-order valence-corrected chi connectivity index (χ0v) is 15.8. The first-order valence-electron chi connectivity index (χ1n) is 9.11. The third-order valence-electron chi connectivity index (χ3n) is 4.41. The van der Waals surface area contributed by atoms with Gasteiger partial charge in [0.05, 0.1) is 11.8 Å². The summed E-state index contributed by atoms with van der Waals surface area (Å²) in [6, 6.07) is 14.5. The summed E-state index contributed by atoms with van der Waals surface area (Å²) in [6.07, 6.45) is 0.368. The summed E-state index contributed by atoms with van der Waals surface area (Å²) in [4.78, 5) is 26.5. The average Bonchev–Trinajstić information content (AvgIpc) is 2.65. The molecule has 0 fully saturated rings. The van der Waals surface area contributed by atoms with E-state index in [0.29, 0.717) is 22.9 Å². The lowest BCUT2D eigenvalue weighted by atomic mass is 10.2. The topological polar surface area (TPSA) is 67.9 Å². The van der Waals surface area contributed by atoms with Crippen LogP contribution in [0.25, 0.3) is 0 Å². The lowest BCUT2D eigenvalue weighted by Crippen LogP contribution is -2.47. The summed E-state index contributed by atoms with van der Waals surface area (Å²) in [5, 5.41) is 2.83. The molecule has 0 unspecified atom stereocenters. The molecule has 27 heavy (non-hydrogen) atoms. The fourth-order valence-corrected chi connectivity index (χ4v) is 2.83. The van der Waals surface area contributed by atoms with Crippen molar-refractivity contribution in [2.24, 2.45) is 0 Å². The van der Waals surface area contributed by atoms with E-state index in [4.69, 9.17) is 9.47 Å². The number of nitrogens with zero attached hydrogens (tertiary/aromatic N) is 1. The Hall–Kier alpha value is -3.02. The molecule has 6 heteroatoms. The first-order chi connectivity index (χ1) is 13.0. The molecule has 1 N–H and O–H groups in total. The summed E-state index contributed by atoms with van der Waals surface area (Å²) < 4.78 is 11.4. The van der Waals surface area contributed by atoms with E-state index in [0.717, 1.165) is 6.42 Å². The molecular formula is C21H24N2O4. The third-order valence-corrected chi connectivity index (χ3v) is 4.41. The Balaban J connectivity index is 1.71. The number of nitrogens with one attached hydrogen (secondary N) is 1. The Labute approximate surface area is 159 Å². The molecule has 2 atom stereocenters. The second-order valence-electron chi connectivity index (χ2n) is 6.56. The fraction of sp³-hybridized carbons (Fsp3) is 0.333. The highest BCUT2D eigenvalue weighted by molar-refractivity contribution is 6.06. The van der Waals surface area contributed by atoms with Gasteiger partial charge in [0, 0.05) is 11.8 Å². The number of benzene rings is 2. The SMILES string of the molecule is CC[C@H](C)Oc1cccc(NC(=O)CN2C(=O)[C@@H](C)Oc3ccccc32)c1. The molecule has 1 aliphatic heterocycles. The van der Waals surface area contributed by atoms with Crippen LogP contribution in [0, 0.1) is 0 Å². The molecule has 142 valence electrons. The van der Waals surface area contributed by atoms with Gasteiger partial charge >= 0.3 is 0 Å². The van der Waals surface area contributed by atoms with Crippen molar-refractivity contribution in [3.05, 3.63) is 48.5 Å². The van der Waals surface area contributed by atoms with Gasteiger partial charge in [-0.15, -0.1) is 0 Å². The van der Waals surface area contributed by atoms with Crippen LogP contribution in [0.1, 0.15) is 27.2 Å². The zero-order valence-electron chi connectivity index (χ0n) is 15.8. The molecule has 0 spiro atoms. The van der Waals surface area contributed by atoms with Gasteiger partial charge < -0.3 is 14.8 Å². The molecule has 2 aromatic rings. The van der Waals surface area contributed by atoms with Gasteiger partial charge in [-0.1, -0.05) is 25.1 Å². The van der Waals surface area contributed by atoms with Gasteiger partial charge in [-0.25, -0.2) is 0 Å². The molecule has 0 saturated heterocycles. The van der Waals surface area contributed by atoms with Crippen LogP contribution in [0.5, 0.6) is 11.5 Å². The number of hydrogen-bond acceptors (Lipinski definition) is 4. The minimum absolute atomic E-state index is 0.0833. The number of rotatable bonds is 6. The first-order valence-corrected chi connectivity index (χ1v) is 9.11. The number of ether oxygens (including phenoxy) is 2. The van der Waals surface area contributed by atoms with Gasteiger partial charge in [-0.2, -0.15) is 0 Å². The van der Waals surface area contributed by atoms with Crippen LogP contribution in [0.4, 0.5) is 11.4 Å². The van der Waals surface area contributed by atoms with Crippen LogP contribution in [0.2, 0.25) is 0 Å². The van der Waals surface area contributed by atoms with E-state index in [1.165, 1.54) is 4.90 Å². The second-order valence-corrected chi connectivity index (χ2v) is 6.56. The van der Waals surface area contributed by atoms with E-state index in [2.05, 4.69) is 12.2 Å². The molecule has 1 heterocycles. The predicted molar refractivity (Wildman–Crippen MR) is 104 cm³/mol. The number of carbonyl (C=O) groups is 2. The van der Waals surface area contributed by atoms with E-state index >= 15 is 0 Å². The molecule has 1 aliphatic rings. The normalized spacial score (nSPS) is 16.9. The van der Waals surface area contributed by atoms with Crippen molar-refractivity contribution in [1.29, 1.82) is 0 Å². The Kier molecular flexibility index (Phi) is 5.64. The lowest BCUT2D eigenvalue weighted by Gasteiger charge is -2.32. The quantitative estimate of drug-likeness (QED) is 0.846. The van der Waals surface area contributed by atoms with Crippen LogP contribution in [-0.2, 0) is 9.59 Å². The number of amides is 2. The highest BCUT2D eigenvalue weighted by Gasteiger charge is 2.32. The maximum Gasteiger partial charge on any atom is 0.268 e. The van der Waals surface area contributed by atoms with Gasteiger partial charge in [-0.05, 0) is 44.5 Å². The minimum atomic E-state index is -0.625. The van der Waals surface area contributed by atoms with E-state index in [1.54, 1.807) is 31.2 Å². The number of anilines is 2. The van der Waals surface area contributed by atoms with Crippen molar-refractivity contribution in [3.8, 4) is 11.5 Å². The van der Waals surface area contributed by atoms with E-state index in [1.807, 2.05) is 31.2 Å². The molecular weight excluding hydrogens is 344 g/mol. The largest absolute Gasteiger partial charge is 0.491 e. The summed E-state index contributed by atoms with van der Waals surface area (Å²) in [6.45, 7) is 5.64. The smallest absolute Gasteiger partial charge is 0.268 e. The molecule has 2 aromatic carbocycles. The van der Waals surface area contributed by atoms with Crippen molar-refractivity contribution >= 4 is 23.2 Å². The Bertz CT molecular complexity index is 836. The Morgan fingerprint density at radius 2 is 2.04 bits per heavy atom. The highest BCUT2D eigenvalue weighted by atomic mass is 16.5. The standard InChI is InChI=1S/C21H24N2O4/c1-4-14(2)26-17-9-7-8-16(12-17)22-20(24)13-23-18-10-5-6-11-19(18)27-15(3)21(23)25/h5-12,14-15H,4,13H2,1-3H3,(H,22,24)/t14-,15+/m0/s1. The average molecular weight is 368 g/mol. The Morgan fingerprint density at radius 1 is 1.26 bits per heavy atom. The maximum absolute atomic E-state index is 12.5.